The van der Waals surface area contributed by atoms with E-state index in [1.54, 1.807) is 24.3 Å². The molecule has 3 aromatic rings. The van der Waals surface area contributed by atoms with Gasteiger partial charge in [0.1, 0.15) is 0 Å². The van der Waals surface area contributed by atoms with Crippen LogP contribution in [0.5, 0.6) is 0 Å². The summed E-state index contributed by atoms with van der Waals surface area (Å²) in [4.78, 5) is 29.4. The van der Waals surface area contributed by atoms with E-state index in [-0.39, 0.29) is 17.8 Å². The Morgan fingerprint density at radius 3 is 2.66 bits per heavy atom. The van der Waals surface area contributed by atoms with Gasteiger partial charge in [-0.1, -0.05) is 54.2 Å². The van der Waals surface area contributed by atoms with E-state index in [9.17, 15) is 9.59 Å². The molecular weight excluding hydrogens is 422 g/mol. The first kappa shape index (κ1) is 22.3. The largest absolute Gasteiger partial charge is 0.376 e. The number of imidazole rings is 1. The predicted molar refractivity (Wildman–Crippen MR) is 127 cm³/mol. The van der Waals surface area contributed by atoms with Gasteiger partial charge in [-0.2, -0.15) is 0 Å². The van der Waals surface area contributed by atoms with Gasteiger partial charge in [0, 0.05) is 12.2 Å². The Kier molecular flexibility index (Phi) is 7.07. The lowest BCUT2D eigenvalue weighted by Gasteiger charge is -2.18. The number of carbonyl (C=O) groups excluding carboxylic acids is 2. The van der Waals surface area contributed by atoms with Crippen molar-refractivity contribution >= 4 is 29.1 Å². The van der Waals surface area contributed by atoms with E-state index in [0.29, 0.717) is 17.8 Å². The van der Waals surface area contributed by atoms with Crippen molar-refractivity contribution in [3.63, 3.8) is 0 Å². The second kappa shape index (κ2) is 10.1. The minimum atomic E-state index is -0.399. The number of nitrogens with zero attached hydrogens (tertiary/aromatic N) is 2. The quantitative estimate of drug-likeness (QED) is 0.385. The van der Waals surface area contributed by atoms with Crippen molar-refractivity contribution in [3.05, 3.63) is 66.4 Å². The maximum atomic E-state index is 12.9. The number of thioether (sulfide) groups is 1. The summed E-state index contributed by atoms with van der Waals surface area (Å²) in [5.74, 6) is -0.252. The van der Waals surface area contributed by atoms with E-state index in [1.807, 2.05) is 31.3 Å². The summed E-state index contributed by atoms with van der Waals surface area (Å²) in [6.45, 7) is 4.84. The summed E-state index contributed by atoms with van der Waals surface area (Å²) in [6, 6.07) is 17.2. The second-order valence-corrected chi connectivity index (χ2v) is 9.20. The number of benzene rings is 2. The lowest BCUT2D eigenvalue weighted by Crippen LogP contribution is -2.24. The van der Waals surface area contributed by atoms with Crippen LogP contribution in [0, 0.1) is 0 Å². The monoisotopic (exact) mass is 449 g/mol. The summed E-state index contributed by atoms with van der Waals surface area (Å²) in [7, 11) is 0. The van der Waals surface area contributed by atoms with Crippen LogP contribution < -0.4 is 5.32 Å². The SMILES string of the molecule is CC(=O)c1ccccc1NC(=O)C(C)Sc1ncc(-c2ccccc2)n1CC1CCCO1. The van der Waals surface area contributed by atoms with Crippen molar-refractivity contribution in [2.24, 2.45) is 0 Å². The Morgan fingerprint density at radius 2 is 1.94 bits per heavy atom. The minimum Gasteiger partial charge on any atom is -0.376 e. The molecule has 0 radical (unpaired) electrons. The van der Waals surface area contributed by atoms with Crippen molar-refractivity contribution in [2.75, 3.05) is 11.9 Å². The molecule has 2 aromatic carbocycles. The van der Waals surface area contributed by atoms with Crippen LogP contribution in [0.2, 0.25) is 0 Å². The number of hydrogen-bond acceptors (Lipinski definition) is 5. The summed E-state index contributed by atoms with van der Waals surface area (Å²) in [6.07, 6.45) is 4.10. The van der Waals surface area contributed by atoms with E-state index >= 15 is 0 Å². The number of hydrogen-bond donors (Lipinski definition) is 1. The molecule has 1 fully saturated rings. The molecule has 1 N–H and O–H groups in total. The number of ketones is 1. The van der Waals surface area contributed by atoms with E-state index in [4.69, 9.17) is 4.74 Å². The molecule has 1 aromatic heterocycles. The van der Waals surface area contributed by atoms with Crippen LogP contribution in [0.3, 0.4) is 0 Å². The first-order chi connectivity index (χ1) is 15.5. The van der Waals surface area contributed by atoms with Gasteiger partial charge in [0.05, 0.1) is 35.5 Å². The van der Waals surface area contributed by atoms with Gasteiger partial charge in [-0.15, -0.1) is 0 Å². The van der Waals surface area contributed by atoms with Crippen LogP contribution in [0.25, 0.3) is 11.3 Å². The zero-order valence-corrected chi connectivity index (χ0v) is 19.1. The Balaban J connectivity index is 1.54. The standard InChI is InChI=1S/C25H27N3O3S/c1-17(29)21-12-6-7-13-22(21)27-24(30)18(2)32-25-26-15-23(19-9-4-3-5-10-19)28(25)16-20-11-8-14-31-20/h3-7,9-10,12-13,15,18,20H,8,11,14,16H2,1-2H3,(H,27,30). The Labute approximate surface area is 192 Å². The number of carbonyl (C=O) groups is 2. The average molecular weight is 450 g/mol. The lowest BCUT2D eigenvalue weighted by molar-refractivity contribution is -0.115. The zero-order chi connectivity index (χ0) is 22.5. The van der Waals surface area contributed by atoms with E-state index in [0.717, 1.165) is 35.9 Å². The normalized spacial score (nSPS) is 16.6. The van der Waals surface area contributed by atoms with E-state index < -0.39 is 5.25 Å². The third kappa shape index (κ3) is 5.11. The lowest BCUT2D eigenvalue weighted by atomic mass is 10.1. The van der Waals surface area contributed by atoms with Crippen molar-refractivity contribution in [3.8, 4) is 11.3 Å². The maximum absolute atomic E-state index is 12.9. The number of amides is 1. The highest BCUT2D eigenvalue weighted by Crippen LogP contribution is 2.31. The number of ether oxygens (including phenoxy) is 1. The number of aromatic nitrogens is 2. The van der Waals surface area contributed by atoms with Crippen LogP contribution in [0.15, 0.2) is 66.0 Å². The van der Waals surface area contributed by atoms with Crippen LogP contribution >= 0.6 is 11.8 Å². The number of nitrogens with one attached hydrogen (secondary N) is 1. The molecule has 7 heteroatoms. The highest BCUT2D eigenvalue weighted by molar-refractivity contribution is 8.00. The van der Waals surface area contributed by atoms with Gasteiger partial charge in [0.25, 0.3) is 0 Å². The summed E-state index contributed by atoms with van der Waals surface area (Å²) >= 11 is 1.41. The van der Waals surface area contributed by atoms with Gasteiger partial charge < -0.3 is 14.6 Å². The highest BCUT2D eigenvalue weighted by atomic mass is 32.2. The van der Waals surface area contributed by atoms with E-state index in [2.05, 4.69) is 27.0 Å². The van der Waals surface area contributed by atoms with Crippen LogP contribution in [-0.4, -0.2) is 39.2 Å². The molecule has 166 valence electrons. The van der Waals surface area contributed by atoms with Gasteiger partial charge in [0.15, 0.2) is 10.9 Å². The smallest absolute Gasteiger partial charge is 0.237 e. The molecule has 0 aliphatic carbocycles. The fourth-order valence-electron chi connectivity index (χ4n) is 3.81. The molecule has 2 atom stereocenters. The van der Waals surface area contributed by atoms with Gasteiger partial charge in [0.2, 0.25) is 5.91 Å². The summed E-state index contributed by atoms with van der Waals surface area (Å²) in [5.41, 5.74) is 3.13. The van der Waals surface area contributed by atoms with E-state index in [1.165, 1.54) is 18.7 Å². The number of Topliss-reactive ketones (excluding diaryl/α,β-unsaturated/α-hetero) is 1. The van der Waals surface area contributed by atoms with Crippen molar-refractivity contribution in [2.45, 2.75) is 49.7 Å². The molecule has 0 saturated carbocycles. The third-order valence-corrected chi connectivity index (χ3v) is 6.62. The van der Waals surface area contributed by atoms with Gasteiger partial charge >= 0.3 is 0 Å². The van der Waals surface area contributed by atoms with Crippen LogP contribution in [-0.2, 0) is 16.1 Å². The van der Waals surface area contributed by atoms with Crippen LogP contribution in [0.4, 0.5) is 5.69 Å². The molecule has 1 aliphatic rings. The molecular formula is C25H27N3O3S. The first-order valence-corrected chi connectivity index (χ1v) is 11.7. The third-order valence-electron chi connectivity index (χ3n) is 5.51. The fraction of sp³-hybridized carbons (Fsp3) is 0.320. The minimum absolute atomic E-state index is 0.0826. The number of rotatable bonds is 8. The number of para-hydroxylation sites is 1. The molecule has 2 unspecified atom stereocenters. The first-order valence-electron chi connectivity index (χ1n) is 10.8. The molecule has 2 heterocycles. The van der Waals surface area contributed by atoms with Crippen LogP contribution in [0.1, 0.15) is 37.0 Å². The molecule has 0 bridgehead atoms. The average Bonchev–Trinajstić information content (AvgIpc) is 3.45. The topological polar surface area (TPSA) is 73.2 Å². The van der Waals surface area contributed by atoms with Gasteiger partial charge in [-0.05, 0) is 44.4 Å². The molecule has 4 rings (SSSR count). The van der Waals surface area contributed by atoms with Gasteiger partial charge in [-0.25, -0.2) is 4.98 Å². The zero-order valence-electron chi connectivity index (χ0n) is 18.3. The second-order valence-electron chi connectivity index (χ2n) is 7.89. The maximum Gasteiger partial charge on any atom is 0.237 e. The van der Waals surface area contributed by atoms with Crippen molar-refractivity contribution < 1.29 is 14.3 Å². The van der Waals surface area contributed by atoms with Crippen molar-refractivity contribution in [1.82, 2.24) is 9.55 Å². The number of anilines is 1. The molecule has 6 nitrogen and oxygen atoms in total. The Hall–Kier alpha value is -2.90. The highest BCUT2D eigenvalue weighted by Gasteiger charge is 2.24. The van der Waals surface area contributed by atoms with Crippen molar-refractivity contribution in [1.29, 1.82) is 0 Å². The molecule has 1 aliphatic heterocycles. The molecule has 1 saturated heterocycles. The predicted octanol–water partition coefficient (Wildman–Crippen LogP) is 5.05. The Bertz CT molecular complexity index is 1090. The van der Waals surface area contributed by atoms with Gasteiger partial charge in [-0.3, -0.25) is 9.59 Å². The molecule has 1 amide bonds. The summed E-state index contributed by atoms with van der Waals surface area (Å²) < 4.78 is 8.03. The summed E-state index contributed by atoms with van der Waals surface area (Å²) in [5, 5.41) is 3.28. The molecule has 0 spiro atoms. The fourth-order valence-corrected chi connectivity index (χ4v) is 4.70. The molecule has 32 heavy (non-hydrogen) atoms. The Morgan fingerprint density at radius 1 is 1.19 bits per heavy atom.